The standard InChI is InChI=1S/C14H12S2/c1-2-3-6-12(14-8-5-10-16-14)11-13-7-4-9-15-13/h2-11H,1H2/b6-3+,12-11?. The van der Waals surface area contributed by atoms with Gasteiger partial charge >= 0.3 is 0 Å². The second-order valence-electron chi connectivity index (χ2n) is 3.19. The molecule has 0 aromatic carbocycles. The topological polar surface area (TPSA) is 0 Å². The SMILES string of the molecule is C=C/C=C/C(=Cc1cccs1)c1cccs1. The molecule has 0 N–H and O–H groups in total. The van der Waals surface area contributed by atoms with E-state index in [0.717, 1.165) is 0 Å². The van der Waals surface area contributed by atoms with E-state index in [1.54, 1.807) is 28.7 Å². The Hall–Kier alpha value is -1.38. The summed E-state index contributed by atoms with van der Waals surface area (Å²) >= 11 is 3.50. The van der Waals surface area contributed by atoms with Crippen molar-refractivity contribution in [2.24, 2.45) is 0 Å². The summed E-state index contributed by atoms with van der Waals surface area (Å²) in [6.45, 7) is 3.70. The van der Waals surface area contributed by atoms with Crippen molar-refractivity contribution in [1.82, 2.24) is 0 Å². The average molecular weight is 244 g/mol. The van der Waals surface area contributed by atoms with E-state index in [9.17, 15) is 0 Å². The highest BCUT2D eigenvalue weighted by atomic mass is 32.1. The van der Waals surface area contributed by atoms with Crippen LogP contribution >= 0.6 is 22.7 Å². The Morgan fingerprint density at radius 1 is 1.12 bits per heavy atom. The summed E-state index contributed by atoms with van der Waals surface area (Å²) in [6, 6.07) is 8.40. The molecule has 0 saturated heterocycles. The molecular formula is C14H12S2. The molecule has 0 spiro atoms. The zero-order valence-electron chi connectivity index (χ0n) is 8.80. The summed E-state index contributed by atoms with van der Waals surface area (Å²) in [6.07, 6.45) is 8.07. The van der Waals surface area contributed by atoms with Crippen molar-refractivity contribution in [3.05, 3.63) is 69.6 Å². The zero-order chi connectivity index (χ0) is 11.2. The van der Waals surface area contributed by atoms with Crippen LogP contribution in [-0.4, -0.2) is 0 Å². The molecule has 2 heterocycles. The van der Waals surface area contributed by atoms with E-state index < -0.39 is 0 Å². The summed E-state index contributed by atoms with van der Waals surface area (Å²) in [5.74, 6) is 0. The first kappa shape index (κ1) is 11.1. The fraction of sp³-hybridized carbons (Fsp3) is 0. The normalized spacial score (nSPS) is 12.1. The minimum Gasteiger partial charge on any atom is -0.144 e. The third-order valence-electron chi connectivity index (χ3n) is 2.06. The van der Waals surface area contributed by atoms with Gasteiger partial charge in [0.15, 0.2) is 0 Å². The first-order valence-corrected chi connectivity index (χ1v) is 6.74. The van der Waals surface area contributed by atoms with Gasteiger partial charge in [-0.15, -0.1) is 22.7 Å². The van der Waals surface area contributed by atoms with Crippen molar-refractivity contribution >= 4 is 34.3 Å². The second kappa shape index (κ2) is 5.64. The zero-order valence-corrected chi connectivity index (χ0v) is 10.4. The van der Waals surface area contributed by atoms with E-state index >= 15 is 0 Å². The summed E-state index contributed by atoms with van der Waals surface area (Å²) in [5.41, 5.74) is 1.23. The summed E-state index contributed by atoms with van der Waals surface area (Å²) in [4.78, 5) is 2.56. The van der Waals surface area contributed by atoms with E-state index in [0.29, 0.717) is 0 Å². The first-order chi connectivity index (χ1) is 7.90. The van der Waals surface area contributed by atoms with Crippen LogP contribution in [-0.2, 0) is 0 Å². The van der Waals surface area contributed by atoms with E-state index in [4.69, 9.17) is 0 Å². The maximum absolute atomic E-state index is 3.70. The van der Waals surface area contributed by atoms with Gasteiger partial charge in [-0.2, -0.15) is 0 Å². The molecule has 0 radical (unpaired) electrons. The lowest BCUT2D eigenvalue weighted by atomic mass is 10.2. The highest BCUT2D eigenvalue weighted by Gasteiger charge is 1.99. The van der Waals surface area contributed by atoms with E-state index in [2.05, 4.69) is 53.8 Å². The molecule has 0 aliphatic heterocycles. The maximum Gasteiger partial charge on any atom is 0.0343 e. The first-order valence-electron chi connectivity index (χ1n) is 4.98. The molecule has 16 heavy (non-hydrogen) atoms. The molecule has 0 aliphatic carbocycles. The smallest absolute Gasteiger partial charge is 0.0343 e. The minimum atomic E-state index is 1.23. The van der Waals surface area contributed by atoms with Gasteiger partial charge in [0.2, 0.25) is 0 Å². The minimum absolute atomic E-state index is 1.23. The highest BCUT2D eigenvalue weighted by molar-refractivity contribution is 7.12. The third-order valence-corrected chi connectivity index (χ3v) is 3.80. The van der Waals surface area contributed by atoms with Crippen molar-refractivity contribution < 1.29 is 0 Å². The Morgan fingerprint density at radius 2 is 1.94 bits per heavy atom. The van der Waals surface area contributed by atoms with Gasteiger partial charge in [-0.05, 0) is 34.5 Å². The van der Waals surface area contributed by atoms with Crippen LogP contribution in [0, 0.1) is 0 Å². The monoisotopic (exact) mass is 244 g/mol. The molecule has 0 amide bonds. The van der Waals surface area contributed by atoms with Gasteiger partial charge in [-0.25, -0.2) is 0 Å². The lowest BCUT2D eigenvalue weighted by Crippen LogP contribution is -1.73. The fourth-order valence-electron chi connectivity index (χ4n) is 1.34. The molecule has 2 heteroatoms. The van der Waals surface area contributed by atoms with Crippen LogP contribution in [0.5, 0.6) is 0 Å². The molecular weight excluding hydrogens is 232 g/mol. The quantitative estimate of drug-likeness (QED) is 0.657. The molecule has 0 atom stereocenters. The third kappa shape index (κ3) is 2.81. The van der Waals surface area contributed by atoms with Crippen LogP contribution in [0.15, 0.2) is 59.8 Å². The Balaban J connectivity index is 2.35. The average Bonchev–Trinajstić information content (AvgIpc) is 2.96. The van der Waals surface area contributed by atoms with Crippen LogP contribution in [0.4, 0.5) is 0 Å². The van der Waals surface area contributed by atoms with Crippen LogP contribution in [0.2, 0.25) is 0 Å². The number of hydrogen-bond acceptors (Lipinski definition) is 2. The maximum atomic E-state index is 3.70. The number of allylic oxidation sites excluding steroid dienone is 4. The second-order valence-corrected chi connectivity index (χ2v) is 5.11. The van der Waals surface area contributed by atoms with Crippen LogP contribution < -0.4 is 0 Å². The molecule has 0 unspecified atom stereocenters. The Morgan fingerprint density at radius 3 is 2.56 bits per heavy atom. The Kier molecular flexibility index (Phi) is 3.91. The molecule has 0 bridgehead atoms. The molecule has 2 rings (SSSR count). The van der Waals surface area contributed by atoms with Crippen molar-refractivity contribution in [3.63, 3.8) is 0 Å². The molecule has 80 valence electrons. The van der Waals surface area contributed by atoms with Gasteiger partial charge < -0.3 is 0 Å². The van der Waals surface area contributed by atoms with Crippen molar-refractivity contribution in [1.29, 1.82) is 0 Å². The summed E-state index contributed by atoms with van der Waals surface area (Å²) < 4.78 is 0. The van der Waals surface area contributed by atoms with Gasteiger partial charge in [0.05, 0.1) is 0 Å². The van der Waals surface area contributed by atoms with Gasteiger partial charge in [0.1, 0.15) is 0 Å². The number of hydrogen-bond donors (Lipinski definition) is 0. The van der Waals surface area contributed by atoms with E-state index in [1.807, 2.05) is 6.08 Å². The highest BCUT2D eigenvalue weighted by Crippen LogP contribution is 2.25. The Labute approximate surface area is 104 Å². The van der Waals surface area contributed by atoms with Crippen LogP contribution in [0.25, 0.3) is 11.6 Å². The number of thiophene rings is 2. The molecule has 2 aromatic heterocycles. The largest absolute Gasteiger partial charge is 0.144 e. The van der Waals surface area contributed by atoms with Gasteiger partial charge in [0.25, 0.3) is 0 Å². The lowest BCUT2D eigenvalue weighted by Gasteiger charge is -1.97. The predicted molar refractivity (Wildman–Crippen MR) is 75.8 cm³/mol. The molecule has 0 fully saturated rings. The molecule has 2 aromatic rings. The predicted octanol–water partition coefficient (Wildman–Crippen LogP) is 5.09. The molecule has 0 saturated carbocycles. The van der Waals surface area contributed by atoms with Gasteiger partial charge in [-0.3, -0.25) is 0 Å². The lowest BCUT2D eigenvalue weighted by molar-refractivity contribution is 1.85. The summed E-state index contributed by atoms with van der Waals surface area (Å²) in [5, 5.41) is 4.19. The molecule has 0 aliphatic rings. The van der Waals surface area contributed by atoms with Crippen molar-refractivity contribution in [2.45, 2.75) is 0 Å². The van der Waals surface area contributed by atoms with E-state index in [1.165, 1.54) is 15.3 Å². The fourth-order valence-corrected chi connectivity index (χ4v) is 2.73. The van der Waals surface area contributed by atoms with E-state index in [-0.39, 0.29) is 0 Å². The van der Waals surface area contributed by atoms with Gasteiger partial charge in [0, 0.05) is 9.75 Å². The number of rotatable bonds is 4. The molecule has 0 nitrogen and oxygen atoms in total. The van der Waals surface area contributed by atoms with Crippen LogP contribution in [0.1, 0.15) is 9.75 Å². The van der Waals surface area contributed by atoms with Crippen molar-refractivity contribution in [3.8, 4) is 0 Å². The van der Waals surface area contributed by atoms with Crippen LogP contribution in [0.3, 0.4) is 0 Å². The summed E-state index contributed by atoms with van der Waals surface area (Å²) in [7, 11) is 0. The van der Waals surface area contributed by atoms with Gasteiger partial charge in [-0.1, -0.05) is 36.9 Å². The van der Waals surface area contributed by atoms with Crippen molar-refractivity contribution in [2.75, 3.05) is 0 Å². The Bertz CT molecular complexity index is 485.